The molecule has 2 aromatic carbocycles. The van der Waals surface area contributed by atoms with Crippen molar-refractivity contribution < 1.29 is 4.79 Å². The number of nitrogens with zero attached hydrogens (tertiary/aromatic N) is 3. The fourth-order valence-corrected chi connectivity index (χ4v) is 3.03. The molecule has 3 rings (SSSR count). The third kappa shape index (κ3) is 4.12. The van der Waals surface area contributed by atoms with E-state index in [1.165, 1.54) is 6.20 Å². The molecule has 1 N–H and O–H groups in total. The lowest BCUT2D eigenvalue weighted by Gasteiger charge is -2.17. The Balaban J connectivity index is 1.87. The van der Waals surface area contributed by atoms with Gasteiger partial charge in [-0.05, 0) is 38.0 Å². The Kier molecular flexibility index (Phi) is 5.90. The molecule has 0 saturated carbocycles. The van der Waals surface area contributed by atoms with Crippen molar-refractivity contribution in [3.8, 4) is 11.3 Å². The highest BCUT2D eigenvalue weighted by Gasteiger charge is 2.22. The fraction of sp³-hybridized carbons (Fsp3) is 0.238. The molecule has 0 saturated heterocycles. The van der Waals surface area contributed by atoms with Crippen molar-refractivity contribution in [3.63, 3.8) is 0 Å². The van der Waals surface area contributed by atoms with Gasteiger partial charge < -0.3 is 5.32 Å². The number of hydrogen-bond donors (Lipinski definition) is 1. The van der Waals surface area contributed by atoms with Crippen LogP contribution in [-0.2, 0) is 4.79 Å². The van der Waals surface area contributed by atoms with Crippen LogP contribution >= 0.6 is 11.6 Å². The lowest BCUT2D eigenvalue weighted by molar-refractivity contribution is -0.119. The summed E-state index contributed by atoms with van der Waals surface area (Å²) in [5.74, 6) is -0.340. The molecule has 0 radical (unpaired) electrons. The summed E-state index contributed by atoms with van der Waals surface area (Å²) < 4.78 is 1.12. The first-order valence-electron chi connectivity index (χ1n) is 8.99. The second kappa shape index (κ2) is 8.35. The Hall–Kier alpha value is -2.99. The quantitative estimate of drug-likeness (QED) is 0.702. The van der Waals surface area contributed by atoms with Crippen molar-refractivity contribution >= 4 is 23.2 Å². The molecule has 1 aromatic heterocycles. The van der Waals surface area contributed by atoms with Gasteiger partial charge in [0.05, 0.1) is 11.9 Å². The molecule has 28 heavy (non-hydrogen) atoms. The minimum Gasteiger partial charge on any atom is -0.324 e. The van der Waals surface area contributed by atoms with E-state index in [0.717, 1.165) is 21.4 Å². The van der Waals surface area contributed by atoms with E-state index in [1.807, 2.05) is 45.0 Å². The van der Waals surface area contributed by atoms with Gasteiger partial charge in [-0.15, -0.1) is 0 Å². The van der Waals surface area contributed by atoms with Gasteiger partial charge in [-0.2, -0.15) is 10.1 Å². The number of amides is 1. The molecule has 144 valence electrons. The van der Waals surface area contributed by atoms with Gasteiger partial charge >= 0.3 is 5.69 Å². The van der Waals surface area contributed by atoms with E-state index in [2.05, 4.69) is 15.4 Å². The molecule has 1 heterocycles. The second-order valence-electron chi connectivity index (χ2n) is 6.56. The molecular weight excluding hydrogens is 376 g/mol. The van der Waals surface area contributed by atoms with Gasteiger partial charge in [-0.1, -0.05) is 54.4 Å². The first-order valence-corrected chi connectivity index (χ1v) is 9.37. The van der Waals surface area contributed by atoms with Crippen LogP contribution in [0.15, 0.2) is 53.5 Å². The Bertz CT molecular complexity index is 1060. The van der Waals surface area contributed by atoms with E-state index in [4.69, 9.17) is 11.6 Å². The van der Waals surface area contributed by atoms with Gasteiger partial charge in [-0.3, -0.25) is 4.79 Å². The van der Waals surface area contributed by atoms with Gasteiger partial charge in [0, 0.05) is 16.3 Å². The molecule has 0 aliphatic heterocycles. The van der Waals surface area contributed by atoms with E-state index >= 15 is 0 Å². The highest BCUT2D eigenvalue weighted by molar-refractivity contribution is 6.31. The maximum Gasteiger partial charge on any atom is 0.365 e. The highest BCUT2D eigenvalue weighted by Crippen LogP contribution is 2.24. The van der Waals surface area contributed by atoms with Crippen LogP contribution in [0.3, 0.4) is 0 Å². The summed E-state index contributed by atoms with van der Waals surface area (Å²) in [6.45, 7) is 5.62. The molecule has 1 atom stereocenters. The first-order chi connectivity index (χ1) is 13.4. The monoisotopic (exact) mass is 396 g/mol. The zero-order valence-electron chi connectivity index (χ0n) is 15.9. The molecule has 0 aliphatic rings. The highest BCUT2D eigenvalue weighted by atomic mass is 35.5. The average molecular weight is 397 g/mol. The van der Waals surface area contributed by atoms with Crippen LogP contribution in [-0.4, -0.2) is 20.7 Å². The van der Waals surface area contributed by atoms with Gasteiger partial charge in [0.25, 0.3) is 0 Å². The minimum absolute atomic E-state index is 0.340. The molecule has 0 bridgehead atoms. The van der Waals surface area contributed by atoms with Gasteiger partial charge in [0.1, 0.15) is 6.04 Å². The van der Waals surface area contributed by atoms with Crippen LogP contribution in [0.2, 0.25) is 5.02 Å². The van der Waals surface area contributed by atoms with Crippen LogP contribution < -0.4 is 11.0 Å². The van der Waals surface area contributed by atoms with E-state index in [0.29, 0.717) is 22.8 Å². The fourth-order valence-electron chi connectivity index (χ4n) is 2.85. The molecule has 7 heteroatoms. The maximum atomic E-state index is 12.8. The van der Waals surface area contributed by atoms with E-state index < -0.39 is 11.7 Å². The van der Waals surface area contributed by atoms with Crippen LogP contribution in [0.25, 0.3) is 11.3 Å². The number of benzene rings is 2. The van der Waals surface area contributed by atoms with Gasteiger partial charge in [0.15, 0.2) is 0 Å². The molecule has 0 unspecified atom stereocenters. The number of aryl methyl sites for hydroxylation is 1. The zero-order chi connectivity index (χ0) is 20.3. The summed E-state index contributed by atoms with van der Waals surface area (Å²) in [5.41, 5.74) is 3.19. The maximum absolute atomic E-state index is 12.8. The first kappa shape index (κ1) is 19.8. The number of carbonyl (C=O) groups is 1. The Morgan fingerprint density at radius 3 is 2.54 bits per heavy atom. The topological polar surface area (TPSA) is 76.9 Å². The summed E-state index contributed by atoms with van der Waals surface area (Å²) >= 11 is 6.11. The van der Waals surface area contributed by atoms with E-state index in [9.17, 15) is 9.59 Å². The third-order valence-corrected chi connectivity index (χ3v) is 4.98. The van der Waals surface area contributed by atoms with Crippen molar-refractivity contribution in [2.75, 3.05) is 5.32 Å². The minimum atomic E-state index is -0.773. The Morgan fingerprint density at radius 2 is 1.89 bits per heavy atom. The smallest absolute Gasteiger partial charge is 0.324 e. The number of rotatable bonds is 5. The molecule has 0 aliphatic carbocycles. The largest absolute Gasteiger partial charge is 0.365 e. The number of halogens is 1. The summed E-state index contributed by atoms with van der Waals surface area (Å²) in [6, 6.07) is 12.2. The van der Waals surface area contributed by atoms with Crippen molar-refractivity contribution in [2.24, 2.45) is 0 Å². The van der Waals surface area contributed by atoms with Gasteiger partial charge in [-0.25, -0.2) is 9.48 Å². The second-order valence-corrected chi connectivity index (χ2v) is 6.97. The number of aromatic nitrogens is 3. The van der Waals surface area contributed by atoms with Crippen molar-refractivity contribution in [1.29, 1.82) is 0 Å². The van der Waals surface area contributed by atoms with Crippen LogP contribution in [0.4, 0.5) is 5.69 Å². The van der Waals surface area contributed by atoms with Gasteiger partial charge in [0.2, 0.25) is 5.91 Å². The predicted octanol–water partition coefficient (Wildman–Crippen LogP) is 4.17. The standard InChI is InChI=1S/C21H21ClN4O2/c1-4-19(20(27)24-17-7-5-6-16(22)14(17)3)26-21(28)25-18(12-23-26)15-10-8-13(2)9-11-15/h5-12,19H,4H2,1-3H3,(H,24,27)/t19-/m1/s1. The Labute approximate surface area is 168 Å². The molecule has 6 nitrogen and oxygen atoms in total. The molecule has 1 amide bonds. The summed E-state index contributed by atoms with van der Waals surface area (Å²) in [4.78, 5) is 29.4. The van der Waals surface area contributed by atoms with Crippen LogP contribution in [0.1, 0.15) is 30.5 Å². The number of anilines is 1. The summed E-state index contributed by atoms with van der Waals surface area (Å²) in [7, 11) is 0. The number of hydrogen-bond acceptors (Lipinski definition) is 4. The lowest BCUT2D eigenvalue weighted by atomic mass is 10.1. The van der Waals surface area contributed by atoms with Crippen LogP contribution in [0.5, 0.6) is 0 Å². The van der Waals surface area contributed by atoms with Crippen molar-refractivity contribution in [2.45, 2.75) is 33.2 Å². The normalized spacial score (nSPS) is 11.9. The predicted molar refractivity (Wildman–Crippen MR) is 111 cm³/mol. The number of carbonyl (C=O) groups excluding carboxylic acids is 1. The third-order valence-electron chi connectivity index (χ3n) is 4.57. The van der Waals surface area contributed by atoms with E-state index in [-0.39, 0.29) is 5.91 Å². The lowest BCUT2D eigenvalue weighted by Crippen LogP contribution is -2.36. The average Bonchev–Trinajstić information content (AvgIpc) is 2.68. The summed E-state index contributed by atoms with van der Waals surface area (Å²) in [6.07, 6.45) is 1.90. The zero-order valence-corrected chi connectivity index (χ0v) is 16.7. The van der Waals surface area contributed by atoms with Crippen LogP contribution in [0, 0.1) is 13.8 Å². The number of nitrogens with one attached hydrogen (secondary N) is 1. The summed E-state index contributed by atoms with van der Waals surface area (Å²) in [5, 5.41) is 7.60. The van der Waals surface area contributed by atoms with Crippen molar-refractivity contribution in [1.82, 2.24) is 14.8 Å². The molecule has 0 spiro atoms. The molecule has 0 fully saturated rings. The molecular formula is C21H21ClN4O2. The van der Waals surface area contributed by atoms with E-state index in [1.54, 1.807) is 18.2 Å². The Morgan fingerprint density at radius 1 is 1.18 bits per heavy atom. The molecule has 3 aromatic rings. The SMILES string of the molecule is CC[C@H](C(=O)Nc1cccc(Cl)c1C)n1ncc(-c2ccc(C)cc2)nc1=O. The van der Waals surface area contributed by atoms with Crippen molar-refractivity contribution in [3.05, 3.63) is 75.3 Å².